The Morgan fingerprint density at radius 1 is 1.16 bits per heavy atom. The van der Waals surface area contributed by atoms with E-state index in [9.17, 15) is 4.79 Å². The van der Waals surface area contributed by atoms with E-state index in [1.165, 1.54) is 5.56 Å². The molecule has 0 unspecified atom stereocenters. The largest absolute Gasteiger partial charge is 0.451 e. The first-order valence-corrected chi connectivity index (χ1v) is 11.6. The highest BCUT2D eigenvalue weighted by molar-refractivity contribution is 7.98. The fraction of sp³-hybridized carbons (Fsp3) is 0.348. The number of benzene rings is 1. The third kappa shape index (κ3) is 6.02. The number of rotatable bonds is 10. The van der Waals surface area contributed by atoms with Crippen molar-refractivity contribution in [3.8, 4) is 11.5 Å². The van der Waals surface area contributed by atoms with Crippen molar-refractivity contribution in [2.75, 3.05) is 31.7 Å². The van der Waals surface area contributed by atoms with Crippen LogP contribution < -0.4 is 20.3 Å². The van der Waals surface area contributed by atoms with E-state index in [0.29, 0.717) is 36.0 Å². The minimum absolute atomic E-state index is 0.194. The first kappa shape index (κ1) is 22.2. The predicted octanol–water partition coefficient (Wildman–Crippen LogP) is 2.91. The lowest BCUT2D eigenvalue weighted by Gasteiger charge is -2.11. The van der Waals surface area contributed by atoms with Gasteiger partial charge in [0, 0.05) is 42.6 Å². The minimum atomic E-state index is -0.518. The number of aromatic nitrogens is 3. The molecule has 0 bridgehead atoms. The van der Waals surface area contributed by atoms with Crippen LogP contribution in [0.2, 0.25) is 0 Å². The summed E-state index contributed by atoms with van der Waals surface area (Å²) in [6, 6.07) is 11.7. The summed E-state index contributed by atoms with van der Waals surface area (Å²) in [4.78, 5) is 26.1. The van der Waals surface area contributed by atoms with Gasteiger partial charge in [0.15, 0.2) is 11.5 Å². The molecule has 2 aromatic heterocycles. The number of nitrogens with zero attached hydrogens (tertiary/aromatic N) is 3. The van der Waals surface area contributed by atoms with Gasteiger partial charge < -0.3 is 19.7 Å². The Morgan fingerprint density at radius 2 is 1.94 bits per heavy atom. The van der Waals surface area contributed by atoms with Crippen LogP contribution in [-0.2, 0) is 18.7 Å². The van der Waals surface area contributed by atoms with Gasteiger partial charge in [0.05, 0.1) is 12.1 Å². The van der Waals surface area contributed by atoms with Gasteiger partial charge in [-0.15, -0.1) is 0 Å². The van der Waals surface area contributed by atoms with E-state index in [2.05, 4.69) is 45.3 Å². The summed E-state index contributed by atoms with van der Waals surface area (Å²) in [7, 11) is 4.11. The Labute approximate surface area is 191 Å². The number of aromatic amines is 1. The van der Waals surface area contributed by atoms with Crippen LogP contribution in [0.15, 0.2) is 53.6 Å². The maximum Gasteiger partial charge on any atom is 0.255 e. The molecule has 168 valence electrons. The molecular weight excluding hydrogens is 426 g/mol. The molecule has 0 spiro atoms. The van der Waals surface area contributed by atoms with Gasteiger partial charge in [-0.1, -0.05) is 12.1 Å². The summed E-state index contributed by atoms with van der Waals surface area (Å²) in [5.74, 6) is 3.56. The number of anilines is 1. The Balaban J connectivity index is 1.20. The van der Waals surface area contributed by atoms with E-state index in [-0.39, 0.29) is 5.56 Å². The first-order chi connectivity index (χ1) is 15.6. The van der Waals surface area contributed by atoms with Gasteiger partial charge >= 0.3 is 0 Å². The number of nitrogens with one attached hydrogen (secondary N) is 2. The molecule has 1 aliphatic rings. The van der Waals surface area contributed by atoms with E-state index in [1.807, 2.05) is 36.5 Å². The van der Waals surface area contributed by atoms with E-state index < -0.39 is 6.29 Å². The molecule has 0 amide bonds. The second-order valence-corrected chi connectivity index (χ2v) is 8.88. The molecule has 0 saturated carbocycles. The molecule has 0 saturated heterocycles. The lowest BCUT2D eigenvalue weighted by atomic mass is 10.2. The average Bonchev–Trinajstić information content (AvgIpc) is 3.18. The zero-order chi connectivity index (χ0) is 22.3. The zero-order valence-electron chi connectivity index (χ0n) is 18.2. The van der Waals surface area contributed by atoms with Crippen molar-refractivity contribution < 1.29 is 9.47 Å². The van der Waals surface area contributed by atoms with Crippen LogP contribution >= 0.6 is 11.8 Å². The fourth-order valence-electron chi connectivity index (χ4n) is 3.36. The number of hydrogen-bond acceptors (Lipinski definition) is 8. The molecule has 2 N–H and O–H groups in total. The SMILES string of the molecule is CN(C)Cc1ccnc(CSCCNc2ncc(CC3Oc4ccccc4O3)c(=O)[nH]2)c1. The summed E-state index contributed by atoms with van der Waals surface area (Å²) in [6.07, 6.45) is 3.25. The normalized spacial score (nSPS) is 13.0. The van der Waals surface area contributed by atoms with Gasteiger partial charge in [0.2, 0.25) is 12.2 Å². The second-order valence-electron chi connectivity index (χ2n) is 7.77. The molecule has 0 aliphatic carbocycles. The fourth-order valence-corrected chi connectivity index (χ4v) is 4.12. The zero-order valence-corrected chi connectivity index (χ0v) is 19.0. The molecule has 0 radical (unpaired) electrons. The monoisotopic (exact) mass is 453 g/mol. The van der Waals surface area contributed by atoms with Gasteiger partial charge in [0.25, 0.3) is 5.56 Å². The van der Waals surface area contributed by atoms with Crippen molar-refractivity contribution in [2.24, 2.45) is 0 Å². The number of fused-ring (bicyclic) bond motifs is 1. The molecule has 3 heterocycles. The van der Waals surface area contributed by atoms with Crippen molar-refractivity contribution in [3.05, 3.63) is 76.0 Å². The lowest BCUT2D eigenvalue weighted by molar-refractivity contribution is 0.0499. The standard InChI is InChI=1S/C23H27N5O3S/c1-28(2)14-16-7-8-24-18(11-16)15-32-10-9-25-23-26-13-17(22(29)27-23)12-21-30-19-5-3-4-6-20(19)31-21/h3-8,11,13,21H,9-10,12,14-15H2,1-2H3,(H2,25,26,27,29). The minimum Gasteiger partial charge on any atom is -0.451 e. The summed E-state index contributed by atoms with van der Waals surface area (Å²) in [5, 5.41) is 3.17. The number of ether oxygens (including phenoxy) is 2. The van der Waals surface area contributed by atoms with Crippen LogP contribution in [0, 0.1) is 0 Å². The van der Waals surface area contributed by atoms with Crippen LogP contribution in [0.5, 0.6) is 11.5 Å². The quantitative estimate of drug-likeness (QED) is 0.453. The molecular formula is C23H27N5O3S. The molecule has 0 atom stereocenters. The van der Waals surface area contributed by atoms with Gasteiger partial charge in [-0.2, -0.15) is 11.8 Å². The van der Waals surface area contributed by atoms with Crippen molar-refractivity contribution in [1.29, 1.82) is 0 Å². The Hall–Kier alpha value is -3.04. The summed E-state index contributed by atoms with van der Waals surface area (Å²) in [5.41, 5.74) is 2.66. The highest BCUT2D eigenvalue weighted by Gasteiger charge is 2.24. The average molecular weight is 454 g/mol. The van der Waals surface area contributed by atoms with E-state index >= 15 is 0 Å². The van der Waals surface area contributed by atoms with Gasteiger partial charge in [-0.3, -0.25) is 14.8 Å². The molecule has 4 rings (SSSR count). The number of para-hydroxylation sites is 2. The smallest absolute Gasteiger partial charge is 0.255 e. The van der Waals surface area contributed by atoms with Crippen molar-refractivity contribution in [2.45, 2.75) is 25.0 Å². The maximum atomic E-state index is 12.4. The molecule has 32 heavy (non-hydrogen) atoms. The highest BCUT2D eigenvalue weighted by Crippen LogP contribution is 2.34. The van der Waals surface area contributed by atoms with Crippen LogP contribution in [0.1, 0.15) is 16.8 Å². The lowest BCUT2D eigenvalue weighted by Crippen LogP contribution is -2.26. The molecule has 1 aliphatic heterocycles. The Morgan fingerprint density at radius 3 is 2.66 bits per heavy atom. The Bertz CT molecular complexity index is 1080. The molecule has 3 aromatic rings. The maximum absolute atomic E-state index is 12.4. The van der Waals surface area contributed by atoms with E-state index in [0.717, 1.165) is 23.7 Å². The van der Waals surface area contributed by atoms with E-state index in [1.54, 1.807) is 18.0 Å². The number of hydrogen-bond donors (Lipinski definition) is 2. The topological polar surface area (TPSA) is 92.4 Å². The predicted molar refractivity (Wildman–Crippen MR) is 126 cm³/mol. The summed E-state index contributed by atoms with van der Waals surface area (Å²) >= 11 is 1.78. The second kappa shape index (κ2) is 10.5. The van der Waals surface area contributed by atoms with Crippen LogP contribution in [0.3, 0.4) is 0 Å². The van der Waals surface area contributed by atoms with Crippen molar-refractivity contribution in [3.63, 3.8) is 0 Å². The van der Waals surface area contributed by atoms with Gasteiger partial charge in [-0.25, -0.2) is 4.98 Å². The number of H-pyrrole nitrogens is 1. The first-order valence-electron chi connectivity index (χ1n) is 10.5. The van der Waals surface area contributed by atoms with Crippen molar-refractivity contribution >= 4 is 17.7 Å². The van der Waals surface area contributed by atoms with Crippen LogP contribution in [0.25, 0.3) is 0 Å². The number of thioether (sulfide) groups is 1. The third-order valence-corrected chi connectivity index (χ3v) is 5.79. The molecule has 1 aromatic carbocycles. The highest BCUT2D eigenvalue weighted by atomic mass is 32.2. The molecule has 0 fully saturated rings. The Kier molecular flexibility index (Phi) is 7.28. The van der Waals surface area contributed by atoms with Gasteiger partial charge in [0.1, 0.15) is 0 Å². The summed E-state index contributed by atoms with van der Waals surface area (Å²) < 4.78 is 11.4. The third-order valence-electron chi connectivity index (χ3n) is 4.79. The van der Waals surface area contributed by atoms with Crippen LogP contribution in [0.4, 0.5) is 5.95 Å². The molecule has 9 heteroatoms. The van der Waals surface area contributed by atoms with Gasteiger partial charge in [-0.05, 0) is 43.9 Å². The van der Waals surface area contributed by atoms with E-state index in [4.69, 9.17) is 9.47 Å². The summed E-state index contributed by atoms with van der Waals surface area (Å²) in [6.45, 7) is 1.59. The van der Waals surface area contributed by atoms with Crippen LogP contribution in [-0.4, -0.2) is 52.5 Å². The number of pyridine rings is 1. The molecule has 8 nitrogen and oxygen atoms in total. The van der Waals surface area contributed by atoms with Crippen molar-refractivity contribution in [1.82, 2.24) is 19.9 Å².